The number of rotatable bonds is 1. The summed E-state index contributed by atoms with van der Waals surface area (Å²) in [5.41, 5.74) is 0. The second-order valence-electron chi connectivity index (χ2n) is 4.80. The largest absolute Gasteiger partial charge is 0.366 e. The van der Waals surface area contributed by atoms with Gasteiger partial charge in [-0.25, -0.2) is 0 Å². The zero-order valence-electron chi connectivity index (χ0n) is 9.62. The quantitative estimate of drug-likeness (QED) is 0.656. The maximum Gasteiger partial charge on any atom is 0.166 e. The van der Waals surface area contributed by atoms with Crippen molar-refractivity contribution in [1.82, 2.24) is 15.5 Å². The van der Waals surface area contributed by atoms with E-state index in [4.69, 9.17) is 12.2 Å². The van der Waals surface area contributed by atoms with Crippen LogP contribution in [0.2, 0.25) is 0 Å². The van der Waals surface area contributed by atoms with Gasteiger partial charge in [-0.15, -0.1) is 0 Å². The van der Waals surface area contributed by atoms with Crippen LogP contribution < -0.4 is 10.6 Å². The van der Waals surface area contributed by atoms with Crippen LogP contribution in [-0.4, -0.2) is 42.2 Å². The van der Waals surface area contributed by atoms with Gasteiger partial charge in [0.1, 0.15) is 0 Å². The summed E-state index contributed by atoms with van der Waals surface area (Å²) in [6.45, 7) is 0. The lowest BCUT2D eigenvalue weighted by Crippen LogP contribution is -2.56. The molecule has 3 nitrogen and oxygen atoms in total. The molecule has 0 aromatic heterocycles. The maximum atomic E-state index is 5.16. The molecule has 0 aromatic rings. The van der Waals surface area contributed by atoms with Gasteiger partial charge in [-0.3, -0.25) is 0 Å². The van der Waals surface area contributed by atoms with E-state index >= 15 is 0 Å². The third kappa shape index (κ3) is 2.42. The SMILES string of the molecule is CNC(=S)NC1CC2CCCC(C1)N2C. The summed E-state index contributed by atoms with van der Waals surface area (Å²) in [5.74, 6) is 0. The predicted octanol–water partition coefficient (Wildman–Crippen LogP) is 1.10. The lowest BCUT2D eigenvalue weighted by molar-refractivity contribution is 0.0528. The standard InChI is InChI=1S/C11H21N3S/c1-12-11(15)13-8-6-9-4-3-5-10(7-8)14(9)2/h8-10H,3-7H2,1-2H3,(H2,12,13,15). The molecule has 0 aromatic carbocycles. The van der Waals surface area contributed by atoms with Gasteiger partial charge in [0.05, 0.1) is 0 Å². The van der Waals surface area contributed by atoms with Crippen molar-refractivity contribution in [2.75, 3.05) is 14.1 Å². The number of nitrogens with one attached hydrogen (secondary N) is 2. The molecule has 2 heterocycles. The van der Waals surface area contributed by atoms with E-state index in [2.05, 4.69) is 22.6 Å². The molecule has 2 atom stereocenters. The number of piperidine rings is 2. The molecule has 0 radical (unpaired) electrons. The van der Waals surface area contributed by atoms with Gasteiger partial charge < -0.3 is 15.5 Å². The van der Waals surface area contributed by atoms with Crippen LogP contribution in [0.25, 0.3) is 0 Å². The molecule has 2 unspecified atom stereocenters. The van der Waals surface area contributed by atoms with E-state index in [1.165, 1.54) is 32.1 Å². The third-order valence-corrected chi connectivity index (χ3v) is 4.22. The summed E-state index contributed by atoms with van der Waals surface area (Å²) in [7, 11) is 4.16. The van der Waals surface area contributed by atoms with Crippen molar-refractivity contribution >= 4 is 17.3 Å². The van der Waals surface area contributed by atoms with Crippen LogP contribution in [0.1, 0.15) is 32.1 Å². The number of hydrogen-bond donors (Lipinski definition) is 2. The molecule has 0 spiro atoms. The molecule has 2 aliphatic heterocycles. The van der Waals surface area contributed by atoms with Crippen molar-refractivity contribution < 1.29 is 0 Å². The van der Waals surface area contributed by atoms with Crippen LogP contribution >= 0.6 is 12.2 Å². The fraction of sp³-hybridized carbons (Fsp3) is 0.909. The van der Waals surface area contributed by atoms with E-state index in [0.29, 0.717) is 6.04 Å². The lowest BCUT2D eigenvalue weighted by Gasteiger charge is -2.47. The first-order valence-corrected chi connectivity index (χ1v) is 6.31. The van der Waals surface area contributed by atoms with Gasteiger partial charge in [-0.2, -0.15) is 0 Å². The summed E-state index contributed by atoms with van der Waals surface area (Å²) in [5, 5.41) is 7.20. The van der Waals surface area contributed by atoms with E-state index in [-0.39, 0.29) is 0 Å². The predicted molar refractivity (Wildman–Crippen MR) is 67.0 cm³/mol. The molecule has 86 valence electrons. The molecular weight excluding hydrogens is 206 g/mol. The minimum atomic E-state index is 0.580. The van der Waals surface area contributed by atoms with Crippen molar-refractivity contribution in [3.8, 4) is 0 Å². The van der Waals surface area contributed by atoms with Crippen LogP contribution in [0.3, 0.4) is 0 Å². The highest BCUT2D eigenvalue weighted by Crippen LogP contribution is 2.32. The van der Waals surface area contributed by atoms with Crippen LogP contribution in [0.15, 0.2) is 0 Å². The molecule has 0 saturated carbocycles. The molecule has 2 saturated heterocycles. The van der Waals surface area contributed by atoms with E-state index in [9.17, 15) is 0 Å². The molecule has 2 aliphatic rings. The first-order valence-electron chi connectivity index (χ1n) is 5.91. The summed E-state index contributed by atoms with van der Waals surface area (Å²) < 4.78 is 0. The normalized spacial score (nSPS) is 36.0. The Kier molecular flexibility index (Phi) is 3.46. The highest BCUT2D eigenvalue weighted by atomic mass is 32.1. The summed E-state index contributed by atoms with van der Waals surface area (Å²) in [6, 6.07) is 2.13. The van der Waals surface area contributed by atoms with Crippen LogP contribution in [0.5, 0.6) is 0 Å². The average Bonchev–Trinajstić information content (AvgIpc) is 2.19. The Morgan fingerprint density at radius 2 is 1.87 bits per heavy atom. The number of nitrogens with zero attached hydrogens (tertiary/aromatic N) is 1. The van der Waals surface area contributed by atoms with Gasteiger partial charge in [0.2, 0.25) is 0 Å². The van der Waals surface area contributed by atoms with Crippen molar-refractivity contribution in [2.45, 2.75) is 50.2 Å². The first kappa shape index (κ1) is 11.1. The van der Waals surface area contributed by atoms with Crippen molar-refractivity contribution in [1.29, 1.82) is 0 Å². The Morgan fingerprint density at radius 3 is 2.40 bits per heavy atom. The molecule has 15 heavy (non-hydrogen) atoms. The average molecular weight is 227 g/mol. The highest BCUT2D eigenvalue weighted by Gasteiger charge is 2.35. The Balaban J connectivity index is 1.92. The Labute approximate surface area is 97.6 Å². The van der Waals surface area contributed by atoms with Gasteiger partial charge in [-0.05, 0) is 44.9 Å². The third-order valence-electron chi connectivity index (χ3n) is 3.90. The highest BCUT2D eigenvalue weighted by molar-refractivity contribution is 7.80. The first-order chi connectivity index (χ1) is 7.20. The van der Waals surface area contributed by atoms with E-state index in [0.717, 1.165) is 17.2 Å². The van der Waals surface area contributed by atoms with Gasteiger partial charge >= 0.3 is 0 Å². The van der Waals surface area contributed by atoms with Crippen LogP contribution in [0.4, 0.5) is 0 Å². The Bertz CT molecular complexity index is 230. The van der Waals surface area contributed by atoms with Crippen molar-refractivity contribution in [2.24, 2.45) is 0 Å². The topological polar surface area (TPSA) is 27.3 Å². The summed E-state index contributed by atoms with van der Waals surface area (Å²) in [4.78, 5) is 2.57. The Morgan fingerprint density at radius 1 is 1.27 bits per heavy atom. The molecule has 2 bridgehead atoms. The zero-order valence-corrected chi connectivity index (χ0v) is 10.4. The molecule has 2 N–H and O–H groups in total. The number of thiocarbonyl (C=S) groups is 1. The van der Waals surface area contributed by atoms with Gasteiger partial charge in [-0.1, -0.05) is 6.42 Å². The Hall–Kier alpha value is -0.350. The van der Waals surface area contributed by atoms with Crippen LogP contribution in [0, 0.1) is 0 Å². The van der Waals surface area contributed by atoms with Gasteiger partial charge in [0, 0.05) is 25.2 Å². The number of hydrogen-bond acceptors (Lipinski definition) is 2. The second-order valence-corrected chi connectivity index (χ2v) is 5.20. The monoisotopic (exact) mass is 227 g/mol. The van der Waals surface area contributed by atoms with Crippen LogP contribution in [-0.2, 0) is 0 Å². The molecule has 4 heteroatoms. The minimum absolute atomic E-state index is 0.580. The molecule has 0 aliphatic carbocycles. The van der Waals surface area contributed by atoms with E-state index in [1.54, 1.807) is 0 Å². The summed E-state index contributed by atoms with van der Waals surface area (Å²) in [6.07, 6.45) is 6.61. The molecular formula is C11H21N3S. The fourth-order valence-electron chi connectivity index (χ4n) is 2.99. The van der Waals surface area contributed by atoms with Gasteiger partial charge in [0.25, 0.3) is 0 Å². The van der Waals surface area contributed by atoms with E-state index in [1.807, 2.05) is 7.05 Å². The second kappa shape index (κ2) is 4.66. The molecule has 2 fully saturated rings. The number of fused-ring (bicyclic) bond motifs is 2. The maximum absolute atomic E-state index is 5.16. The van der Waals surface area contributed by atoms with E-state index < -0.39 is 0 Å². The van der Waals surface area contributed by atoms with Crippen molar-refractivity contribution in [3.05, 3.63) is 0 Å². The lowest BCUT2D eigenvalue weighted by atomic mass is 9.82. The fourth-order valence-corrected chi connectivity index (χ4v) is 3.16. The molecule has 0 amide bonds. The van der Waals surface area contributed by atoms with Gasteiger partial charge in [0.15, 0.2) is 5.11 Å². The zero-order chi connectivity index (χ0) is 10.8. The molecule has 2 rings (SSSR count). The minimum Gasteiger partial charge on any atom is -0.366 e. The summed E-state index contributed by atoms with van der Waals surface area (Å²) >= 11 is 5.16. The van der Waals surface area contributed by atoms with Crippen molar-refractivity contribution in [3.63, 3.8) is 0 Å². The smallest absolute Gasteiger partial charge is 0.166 e.